The molecule has 6 nitrogen and oxygen atoms in total. The highest BCUT2D eigenvalue weighted by molar-refractivity contribution is 6.06. The number of carbonyl (C=O) groups excluding carboxylic acids is 2. The van der Waals surface area contributed by atoms with Crippen molar-refractivity contribution in [2.24, 2.45) is 0 Å². The Balaban J connectivity index is 1.38. The molecule has 1 heterocycles. The minimum absolute atomic E-state index is 0.0708. The number of pyridine rings is 1. The predicted octanol–water partition coefficient (Wildman–Crippen LogP) is 4.39. The number of nitrogens with one attached hydrogen (secondary N) is 1. The first kappa shape index (κ1) is 20.6. The molecule has 0 saturated heterocycles. The van der Waals surface area contributed by atoms with Gasteiger partial charge in [-0.1, -0.05) is 6.07 Å². The summed E-state index contributed by atoms with van der Waals surface area (Å²) < 4.78 is 5.92. The summed E-state index contributed by atoms with van der Waals surface area (Å²) in [6.45, 7) is 1.93. The average molecular weight is 415 g/mol. The van der Waals surface area contributed by atoms with Gasteiger partial charge in [-0.15, -0.1) is 0 Å². The standard InChI is InChI=1S/C25H25N3O3/c1-17(23-5-3-4-16-26-23)31-22-14-8-19(9-15-22)25(30)28(2)21-12-6-18(7-13-21)24(29)27-20-10-11-20/h3-9,12-17,20H,10-11H2,1-2H3,(H,27,29). The van der Waals surface area contributed by atoms with Crippen LogP contribution in [-0.4, -0.2) is 29.9 Å². The Kier molecular flexibility index (Phi) is 5.98. The van der Waals surface area contributed by atoms with E-state index in [2.05, 4.69) is 10.3 Å². The molecule has 1 unspecified atom stereocenters. The highest BCUT2D eigenvalue weighted by Crippen LogP contribution is 2.23. The average Bonchev–Trinajstić information content (AvgIpc) is 3.63. The fourth-order valence-corrected chi connectivity index (χ4v) is 3.20. The number of carbonyl (C=O) groups is 2. The van der Waals surface area contributed by atoms with Gasteiger partial charge < -0.3 is 15.0 Å². The van der Waals surface area contributed by atoms with E-state index in [-0.39, 0.29) is 17.9 Å². The molecule has 1 aliphatic carbocycles. The maximum Gasteiger partial charge on any atom is 0.258 e. The minimum Gasteiger partial charge on any atom is -0.484 e. The van der Waals surface area contributed by atoms with E-state index in [0.29, 0.717) is 22.9 Å². The van der Waals surface area contributed by atoms with Crippen LogP contribution in [-0.2, 0) is 0 Å². The molecule has 1 fully saturated rings. The number of rotatable bonds is 7. The molecule has 158 valence electrons. The molecule has 2 aromatic carbocycles. The molecule has 1 N–H and O–H groups in total. The van der Waals surface area contributed by atoms with E-state index >= 15 is 0 Å². The molecule has 1 saturated carbocycles. The SMILES string of the molecule is CC(Oc1ccc(C(=O)N(C)c2ccc(C(=O)NC3CC3)cc2)cc1)c1ccccn1. The molecule has 31 heavy (non-hydrogen) atoms. The molecule has 1 atom stereocenters. The first-order valence-electron chi connectivity index (χ1n) is 10.4. The van der Waals surface area contributed by atoms with Crippen molar-refractivity contribution in [1.29, 1.82) is 0 Å². The first-order chi connectivity index (χ1) is 15.0. The zero-order chi connectivity index (χ0) is 21.8. The number of hydrogen-bond acceptors (Lipinski definition) is 4. The third kappa shape index (κ3) is 5.09. The topological polar surface area (TPSA) is 71.5 Å². The van der Waals surface area contributed by atoms with Crippen molar-refractivity contribution in [2.75, 3.05) is 11.9 Å². The van der Waals surface area contributed by atoms with Gasteiger partial charge in [-0.05, 0) is 80.4 Å². The molecule has 6 heteroatoms. The number of ether oxygens (including phenoxy) is 1. The number of anilines is 1. The Morgan fingerprint density at radius 2 is 1.68 bits per heavy atom. The van der Waals surface area contributed by atoms with Crippen LogP contribution in [0.4, 0.5) is 5.69 Å². The van der Waals surface area contributed by atoms with Gasteiger partial charge in [0.25, 0.3) is 11.8 Å². The van der Waals surface area contributed by atoms with Gasteiger partial charge in [-0.2, -0.15) is 0 Å². The second-order valence-electron chi connectivity index (χ2n) is 7.70. The third-order valence-electron chi connectivity index (χ3n) is 5.25. The highest BCUT2D eigenvalue weighted by atomic mass is 16.5. The van der Waals surface area contributed by atoms with Crippen molar-refractivity contribution in [3.05, 3.63) is 89.7 Å². The first-order valence-corrected chi connectivity index (χ1v) is 10.4. The summed E-state index contributed by atoms with van der Waals surface area (Å²) in [5.74, 6) is 0.460. The fraction of sp³-hybridized carbons (Fsp3) is 0.240. The Labute approximate surface area is 181 Å². The quantitative estimate of drug-likeness (QED) is 0.621. The second kappa shape index (κ2) is 9.00. The van der Waals surface area contributed by atoms with Crippen LogP contribution < -0.4 is 15.0 Å². The van der Waals surface area contributed by atoms with E-state index < -0.39 is 0 Å². The largest absolute Gasteiger partial charge is 0.484 e. The summed E-state index contributed by atoms with van der Waals surface area (Å²) in [5, 5.41) is 2.96. The summed E-state index contributed by atoms with van der Waals surface area (Å²) in [6, 6.07) is 20.1. The number of benzene rings is 2. The van der Waals surface area contributed by atoms with Crippen LogP contribution in [0, 0.1) is 0 Å². The zero-order valence-electron chi connectivity index (χ0n) is 17.6. The number of nitrogens with zero attached hydrogens (tertiary/aromatic N) is 2. The number of amides is 2. The number of aromatic nitrogens is 1. The van der Waals surface area contributed by atoms with Crippen molar-refractivity contribution < 1.29 is 14.3 Å². The molecular weight excluding hydrogens is 390 g/mol. The Hall–Kier alpha value is -3.67. The molecule has 2 amide bonds. The Morgan fingerprint density at radius 3 is 2.29 bits per heavy atom. The van der Waals surface area contributed by atoms with E-state index in [1.165, 1.54) is 0 Å². The zero-order valence-corrected chi connectivity index (χ0v) is 17.6. The van der Waals surface area contributed by atoms with Crippen molar-refractivity contribution in [3.8, 4) is 5.75 Å². The summed E-state index contributed by atoms with van der Waals surface area (Å²) in [5.41, 5.74) is 2.71. The van der Waals surface area contributed by atoms with Crippen LogP contribution in [0.15, 0.2) is 72.9 Å². The molecular formula is C25H25N3O3. The predicted molar refractivity (Wildman–Crippen MR) is 119 cm³/mol. The summed E-state index contributed by atoms with van der Waals surface area (Å²) in [6.07, 6.45) is 3.64. The van der Waals surface area contributed by atoms with Gasteiger partial charge in [0.2, 0.25) is 0 Å². The van der Waals surface area contributed by atoms with Crippen LogP contribution in [0.1, 0.15) is 52.3 Å². The molecule has 4 rings (SSSR count). The summed E-state index contributed by atoms with van der Waals surface area (Å²) >= 11 is 0. The van der Waals surface area contributed by atoms with Gasteiger partial charge in [-0.25, -0.2) is 0 Å². The van der Waals surface area contributed by atoms with Crippen molar-refractivity contribution in [3.63, 3.8) is 0 Å². The lowest BCUT2D eigenvalue weighted by Crippen LogP contribution is -2.27. The molecule has 1 aromatic heterocycles. The Bertz CT molecular complexity index is 1050. The summed E-state index contributed by atoms with van der Waals surface area (Å²) in [7, 11) is 1.72. The van der Waals surface area contributed by atoms with E-state index in [4.69, 9.17) is 4.74 Å². The monoisotopic (exact) mass is 415 g/mol. The van der Waals surface area contributed by atoms with E-state index in [9.17, 15) is 9.59 Å². The number of hydrogen-bond donors (Lipinski definition) is 1. The molecule has 0 radical (unpaired) electrons. The van der Waals surface area contributed by atoms with Crippen LogP contribution in [0.5, 0.6) is 5.75 Å². The molecule has 3 aromatic rings. The van der Waals surface area contributed by atoms with Gasteiger partial charge in [0.1, 0.15) is 11.9 Å². The maximum atomic E-state index is 12.9. The maximum absolute atomic E-state index is 12.9. The van der Waals surface area contributed by atoms with Gasteiger partial charge in [0.05, 0.1) is 5.69 Å². The van der Waals surface area contributed by atoms with E-state index in [1.807, 2.05) is 25.1 Å². The second-order valence-corrected chi connectivity index (χ2v) is 7.70. The van der Waals surface area contributed by atoms with E-state index in [0.717, 1.165) is 24.2 Å². The van der Waals surface area contributed by atoms with Crippen LogP contribution in [0.3, 0.4) is 0 Å². The lowest BCUT2D eigenvalue weighted by molar-refractivity contribution is 0.0950. The lowest BCUT2D eigenvalue weighted by Gasteiger charge is -2.18. The molecule has 0 aliphatic heterocycles. The molecule has 0 spiro atoms. The smallest absolute Gasteiger partial charge is 0.258 e. The molecule has 1 aliphatic rings. The van der Waals surface area contributed by atoms with Crippen molar-refractivity contribution in [2.45, 2.75) is 31.9 Å². The third-order valence-corrected chi connectivity index (χ3v) is 5.25. The van der Waals surface area contributed by atoms with Gasteiger partial charge in [-0.3, -0.25) is 14.6 Å². The summed E-state index contributed by atoms with van der Waals surface area (Å²) in [4.78, 5) is 30.9. The minimum atomic E-state index is -0.193. The van der Waals surface area contributed by atoms with E-state index in [1.54, 1.807) is 66.7 Å². The van der Waals surface area contributed by atoms with Crippen molar-refractivity contribution >= 4 is 17.5 Å². The highest BCUT2D eigenvalue weighted by Gasteiger charge is 2.24. The van der Waals surface area contributed by atoms with Gasteiger partial charge in [0, 0.05) is 36.1 Å². The van der Waals surface area contributed by atoms with Crippen LogP contribution >= 0.6 is 0 Å². The van der Waals surface area contributed by atoms with Gasteiger partial charge in [0.15, 0.2) is 0 Å². The van der Waals surface area contributed by atoms with Crippen LogP contribution in [0.25, 0.3) is 0 Å². The molecule has 0 bridgehead atoms. The lowest BCUT2D eigenvalue weighted by atomic mass is 10.1. The Morgan fingerprint density at radius 1 is 1.00 bits per heavy atom. The fourth-order valence-electron chi connectivity index (χ4n) is 3.20. The van der Waals surface area contributed by atoms with Gasteiger partial charge >= 0.3 is 0 Å². The van der Waals surface area contributed by atoms with Crippen molar-refractivity contribution in [1.82, 2.24) is 10.3 Å². The van der Waals surface area contributed by atoms with Crippen LogP contribution in [0.2, 0.25) is 0 Å². The normalized spacial score (nSPS) is 13.9.